The Labute approximate surface area is 191 Å². The quantitative estimate of drug-likeness (QED) is 0.607. The minimum Gasteiger partial charge on any atom is -0.340 e. The van der Waals surface area contributed by atoms with Gasteiger partial charge in [0.05, 0.1) is 4.90 Å². The predicted molar refractivity (Wildman–Crippen MR) is 121 cm³/mol. The van der Waals surface area contributed by atoms with Crippen molar-refractivity contribution in [3.05, 3.63) is 29.3 Å². The topological polar surface area (TPSA) is 98.3 Å². The van der Waals surface area contributed by atoms with Gasteiger partial charge < -0.3 is 4.90 Å². The summed E-state index contributed by atoms with van der Waals surface area (Å²) in [5.74, 6) is -0.222. The molecule has 0 aromatic heterocycles. The first-order valence-corrected chi connectivity index (χ1v) is 14.0. The van der Waals surface area contributed by atoms with E-state index >= 15 is 0 Å². The third-order valence-electron chi connectivity index (χ3n) is 6.85. The summed E-state index contributed by atoms with van der Waals surface area (Å²) in [6, 6.07) is 5.45. The maximum Gasteiger partial charge on any atom is 0.281 e. The van der Waals surface area contributed by atoms with E-state index in [-0.39, 0.29) is 24.9 Å². The molecule has 2 aliphatic heterocycles. The van der Waals surface area contributed by atoms with Gasteiger partial charge in [0.1, 0.15) is 0 Å². The number of carbonyl (C=O) groups is 1. The Bertz CT molecular complexity index is 1070. The largest absolute Gasteiger partial charge is 0.340 e. The minimum atomic E-state index is -3.56. The van der Waals surface area contributed by atoms with Crippen molar-refractivity contribution >= 4 is 26.1 Å². The average molecular weight is 485 g/mol. The van der Waals surface area contributed by atoms with Crippen molar-refractivity contribution < 1.29 is 21.6 Å². The van der Waals surface area contributed by atoms with E-state index in [1.54, 1.807) is 11.0 Å². The van der Waals surface area contributed by atoms with Crippen molar-refractivity contribution in [2.45, 2.75) is 37.0 Å². The Balaban J connectivity index is 1.33. The number of aryl methyl sites for hydroxylation is 2. The second-order valence-corrected chi connectivity index (χ2v) is 13.1. The van der Waals surface area contributed by atoms with E-state index in [1.165, 1.54) is 32.6 Å². The second kappa shape index (κ2) is 9.02. The molecule has 0 unspecified atom stereocenters. The summed E-state index contributed by atoms with van der Waals surface area (Å²) in [5.41, 5.74) is 2.37. The smallest absolute Gasteiger partial charge is 0.281 e. The van der Waals surface area contributed by atoms with Crippen molar-refractivity contribution in [1.29, 1.82) is 0 Å². The predicted octanol–water partition coefficient (Wildman–Crippen LogP) is 0.527. The Morgan fingerprint density at radius 2 is 1.50 bits per heavy atom. The molecule has 2 heterocycles. The molecule has 1 aliphatic carbocycles. The van der Waals surface area contributed by atoms with Gasteiger partial charge in [0.2, 0.25) is 15.9 Å². The molecular formula is C21H32N4O5S2. The molecule has 0 N–H and O–H groups in total. The molecule has 1 amide bonds. The van der Waals surface area contributed by atoms with Crippen LogP contribution < -0.4 is 0 Å². The second-order valence-electron chi connectivity index (χ2n) is 8.98. The molecule has 32 heavy (non-hydrogen) atoms. The SMILES string of the molecule is CN(C)S(=O)(=O)N1CCN(C(=O)C2CCN(S(=O)(=O)c3ccc4c(c3)CCC4)CC2)CC1. The van der Waals surface area contributed by atoms with Gasteiger partial charge in [-0.05, 0) is 55.4 Å². The first kappa shape index (κ1) is 23.6. The maximum absolute atomic E-state index is 13.1. The summed E-state index contributed by atoms with van der Waals surface area (Å²) in [4.78, 5) is 15.0. The molecule has 0 bridgehead atoms. The zero-order valence-electron chi connectivity index (χ0n) is 18.7. The van der Waals surface area contributed by atoms with Crippen molar-refractivity contribution in [2.24, 2.45) is 5.92 Å². The number of rotatable bonds is 5. The number of piperidine rings is 1. The number of piperazine rings is 1. The van der Waals surface area contributed by atoms with Gasteiger partial charge in [0.25, 0.3) is 10.2 Å². The van der Waals surface area contributed by atoms with Crippen LogP contribution in [0.2, 0.25) is 0 Å². The lowest BCUT2D eigenvalue weighted by atomic mass is 9.96. The lowest BCUT2D eigenvalue weighted by Gasteiger charge is -2.38. The first-order valence-electron chi connectivity index (χ1n) is 11.2. The highest BCUT2D eigenvalue weighted by Gasteiger charge is 2.36. The van der Waals surface area contributed by atoms with Crippen LogP contribution in [0.4, 0.5) is 0 Å². The molecule has 2 saturated heterocycles. The molecule has 0 atom stereocenters. The van der Waals surface area contributed by atoms with Crippen molar-refractivity contribution in [2.75, 3.05) is 53.4 Å². The third-order valence-corrected chi connectivity index (χ3v) is 10.7. The number of hydrogen-bond donors (Lipinski definition) is 0. The Morgan fingerprint density at radius 1 is 0.875 bits per heavy atom. The van der Waals surface area contributed by atoms with Crippen LogP contribution in [-0.4, -0.2) is 93.9 Å². The Hall–Kier alpha value is -1.53. The van der Waals surface area contributed by atoms with Crippen LogP contribution in [0.1, 0.15) is 30.4 Å². The lowest BCUT2D eigenvalue weighted by molar-refractivity contribution is -0.138. The summed E-state index contributed by atoms with van der Waals surface area (Å²) in [6.45, 7) is 1.92. The monoisotopic (exact) mass is 484 g/mol. The fourth-order valence-electron chi connectivity index (χ4n) is 4.83. The standard InChI is InChI=1S/C21H32N4O5S2/c1-22(2)32(29,30)25-14-12-23(13-15-25)21(26)18-8-10-24(11-9-18)31(27,28)20-7-6-17-4-3-5-19(17)16-20/h6-7,16,18H,3-5,8-15H2,1-2H3. The van der Waals surface area contributed by atoms with Gasteiger partial charge in [-0.1, -0.05) is 6.07 Å². The van der Waals surface area contributed by atoms with Crippen molar-refractivity contribution in [1.82, 2.24) is 17.8 Å². The van der Waals surface area contributed by atoms with Gasteiger partial charge in [0, 0.05) is 59.3 Å². The van der Waals surface area contributed by atoms with E-state index in [1.807, 2.05) is 12.1 Å². The molecule has 0 radical (unpaired) electrons. The average Bonchev–Trinajstić information content (AvgIpc) is 3.26. The number of fused-ring (bicyclic) bond motifs is 1. The first-order chi connectivity index (χ1) is 15.1. The van der Waals surface area contributed by atoms with E-state index in [4.69, 9.17) is 0 Å². The van der Waals surface area contributed by atoms with Crippen LogP contribution in [0, 0.1) is 5.92 Å². The van der Waals surface area contributed by atoms with E-state index in [0.717, 1.165) is 24.8 Å². The molecule has 3 aliphatic rings. The number of amides is 1. The highest BCUT2D eigenvalue weighted by Crippen LogP contribution is 2.29. The molecule has 11 heteroatoms. The van der Waals surface area contributed by atoms with Crippen LogP contribution in [0.25, 0.3) is 0 Å². The number of benzene rings is 1. The lowest BCUT2D eigenvalue weighted by Crippen LogP contribution is -2.54. The molecule has 1 aromatic rings. The van der Waals surface area contributed by atoms with E-state index in [0.29, 0.717) is 43.9 Å². The Kier molecular flexibility index (Phi) is 6.66. The summed E-state index contributed by atoms with van der Waals surface area (Å²) in [7, 11) is -4.04. The van der Waals surface area contributed by atoms with Gasteiger partial charge >= 0.3 is 0 Å². The number of hydrogen-bond acceptors (Lipinski definition) is 5. The summed E-state index contributed by atoms with van der Waals surface area (Å²) in [6.07, 6.45) is 3.98. The molecule has 178 valence electrons. The van der Waals surface area contributed by atoms with Gasteiger partial charge in [0.15, 0.2) is 0 Å². The minimum absolute atomic E-state index is 0.00137. The summed E-state index contributed by atoms with van der Waals surface area (Å²) < 4.78 is 54.8. The van der Waals surface area contributed by atoms with Crippen molar-refractivity contribution in [3.8, 4) is 0 Å². The van der Waals surface area contributed by atoms with Crippen LogP contribution in [0.3, 0.4) is 0 Å². The normalized spacial score (nSPS) is 21.8. The highest BCUT2D eigenvalue weighted by atomic mass is 32.2. The fourth-order valence-corrected chi connectivity index (χ4v) is 7.44. The van der Waals surface area contributed by atoms with Crippen LogP contribution in [0.5, 0.6) is 0 Å². The van der Waals surface area contributed by atoms with Crippen LogP contribution in [0.15, 0.2) is 23.1 Å². The van der Waals surface area contributed by atoms with Crippen LogP contribution in [-0.2, 0) is 37.9 Å². The molecule has 0 saturated carbocycles. The van der Waals surface area contributed by atoms with E-state index in [2.05, 4.69) is 0 Å². The number of sulfonamides is 1. The number of carbonyl (C=O) groups excluding carboxylic acids is 1. The highest BCUT2D eigenvalue weighted by molar-refractivity contribution is 7.89. The zero-order chi connectivity index (χ0) is 23.1. The molecule has 9 nitrogen and oxygen atoms in total. The van der Waals surface area contributed by atoms with E-state index < -0.39 is 20.2 Å². The molecule has 1 aromatic carbocycles. The Morgan fingerprint density at radius 3 is 2.12 bits per heavy atom. The van der Waals surface area contributed by atoms with Crippen molar-refractivity contribution in [3.63, 3.8) is 0 Å². The van der Waals surface area contributed by atoms with Gasteiger partial charge in [-0.25, -0.2) is 8.42 Å². The van der Waals surface area contributed by atoms with E-state index in [9.17, 15) is 21.6 Å². The van der Waals surface area contributed by atoms with Gasteiger partial charge in [-0.3, -0.25) is 4.79 Å². The summed E-state index contributed by atoms with van der Waals surface area (Å²) >= 11 is 0. The van der Waals surface area contributed by atoms with Gasteiger partial charge in [-0.2, -0.15) is 21.3 Å². The zero-order valence-corrected chi connectivity index (χ0v) is 20.4. The molecule has 4 rings (SSSR count). The molecule has 2 fully saturated rings. The van der Waals surface area contributed by atoms with Gasteiger partial charge in [-0.15, -0.1) is 0 Å². The molecule has 0 spiro atoms. The molecular weight excluding hydrogens is 452 g/mol. The third kappa shape index (κ3) is 4.45. The number of nitrogens with zero attached hydrogens (tertiary/aromatic N) is 4. The van der Waals surface area contributed by atoms with Crippen LogP contribution >= 0.6 is 0 Å². The fraction of sp³-hybridized carbons (Fsp3) is 0.667. The summed E-state index contributed by atoms with van der Waals surface area (Å²) in [5, 5.41) is 0. The maximum atomic E-state index is 13.1.